The van der Waals surface area contributed by atoms with Gasteiger partial charge in [-0.25, -0.2) is 13.1 Å². The van der Waals surface area contributed by atoms with Crippen molar-refractivity contribution in [2.24, 2.45) is 0 Å². The number of hydrogen-bond donors (Lipinski definition) is 1. The summed E-state index contributed by atoms with van der Waals surface area (Å²) in [5, 5.41) is 12.0. The van der Waals surface area contributed by atoms with E-state index in [0.717, 1.165) is 22.4 Å². The summed E-state index contributed by atoms with van der Waals surface area (Å²) < 4.78 is 33.5. The van der Waals surface area contributed by atoms with Gasteiger partial charge in [-0.1, -0.05) is 0 Å². The molecule has 0 bridgehead atoms. The highest BCUT2D eigenvalue weighted by Gasteiger charge is 2.36. The summed E-state index contributed by atoms with van der Waals surface area (Å²) in [4.78, 5) is 0.321. The van der Waals surface area contributed by atoms with E-state index in [9.17, 15) is 8.42 Å². The Bertz CT molecular complexity index is 958. The summed E-state index contributed by atoms with van der Waals surface area (Å²) in [6.07, 6.45) is 3.77. The lowest BCUT2D eigenvalue weighted by molar-refractivity contribution is 0.137. The van der Waals surface area contributed by atoms with Crippen LogP contribution in [0.4, 0.5) is 0 Å². The standard InChI is InChI=1S/C18H23N3O3S/c1-11-12(2)17(13(3)14-9-18(4,5)24-16(11)14)25(22,23)10-15(19)21-8-6-7-20-21/h6-8,19H,9-10H2,1-5H3. The first-order valence-electron chi connectivity index (χ1n) is 8.15. The zero-order chi connectivity index (χ0) is 18.6. The number of benzene rings is 1. The maximum Gasteiger partial charge on any atom is 0.186 e. The van der Waals surface area contributed by atoms with Crippen LogP contribution >= 0.6 is 0 Å². The highest BCUT2D eigenvalue weighted by Crippen LogP contribution is 2.43. The van der Waals surface area contributed by atoms with Crippen LogP contribution < -0.4 is 4.74 Å². The molecule has 25 heavy (non-hydrogen) atoms. The van der Waals surface area contributed by atoms with Crippen molar-refractivity contribution in [3.05, 3.63) is 40.7 Å². The van der Waals surface area contributed by atoms with Gasteiger partial charge in [0.05, 0.1) is 4.90 Å². The minimum atomic E-state index is -3.67. The van der Waals surface area contributed by atoms with Crippen LogP contribution in [0, 0.1) is 26.2 Å². The van der Waals surface area contributed by atoms with E-state index < -0.39 is 15.6 Å². The van der Waals surface area contributed by atoms with Crippen molar-refractivity contribution in [1.29, 1.82) is 5.41 Å². The molecule has 6 nitrogen and oxygen atoms in total. The fraction of sp³-hybridized carbons (Fsp3) is 0.444. The molecule has 0 saturated carbocycles. The first-order valence-corrected chi connectivity index (χ1v) is 9.80. The van der Waals surface area contributed by atoms with E-state index >= 15 is 0 Å². The maximum absolute atomic E-state index is 13.1. The molecule has 2 aromatic rings. The van der Waals surface area contributed by atoms with Gasteiger partial charge in [-0.3, -0.25) is 5.41 Å². The number of fused-ring (bicyclic) bond motifs is 1. The van der Waals surface area contributed by atoms with Crippen molar-refractivity contribution >= 4 is 15.7 Å². The number of aromatic nitrogens is 2. The summed E-state index contributed by atoms with van der Waals surface area (Å²) in [6.45, 7) is 9.54. The van der Waals surface area contributed by atoms with Crippen LogP contribution in [0.25, 0.3) is 0 Å². The van der Waals surface area contributed by atoms with E-state index in [1.165, 1.54) is 10.9 Å². The monoisotopic (exact) mass is 361 g/mol. The molecule has 0 aliphatic carbocycles. The van der Waals surface area contributed by atoms with Gasteiger partial charge in [0.15, 0.2) is 9.84 Å². The molecular weight excluding hydrogens is 338 g/mol. The van der Waals surface area contributed by atoms with Gasteiger partial charge in [0.25, 0.3) is 0 Å². The molecule has 0 saturated heterocycles. The fourth-order valence-corrected chi connectivity index (χ4v) is 5.30. The summed E-state index contributed by atoms with van der Waals surface area (Å²) in [6, 6.07) is 1.66. The van der Waals surface area contributed by atoms with Gasteiger partial charge in [-0.15, -0.1) is 0 Å². The van der Waals surface area contributed by atoms with Gasteiger partial charge in [0, 0.05) is 24.4 Å². The largest absolute Gasteiger partial charge is 0.487 e. The maximum atomic E-state index is 13.1. The molecular formula is C18H23N3O3S. The molecule has 2 heterocycles. The van der Waals surface area contributed by atoms with E-state index in [-0.39, 0.29) is 11.4 Å². The Kier molecular flexibility index (Phi) is 4.02. The third-order valence-electron chi connectivity index (χ3n) is 4.71. The summed E-state index contributed by atoms with van der Waals surface area (Å²) in [5.74, 6) is 0.346. The first-order chi connectivity index (χ1) is 11.5. The van der Waals surface area contributed by atoms with Crippen LogP contribution in [0.15, 0.2) is 23.4 Å². The van der Waals surface area contributed by atoms with E-state index in [0.29, 0.717) is 16.9 Å². The third kappa shape index (κ3) is 2.97. The zero-order valence-corrected chi connectivity index (χ0v) is 16.0. The molecule has 1 aromatic heterocycles. The zero-order valence-electron chi connectivity index (χ0n) is 15.2. The average Bonchev–Trinajstić information content (AvgIpc) is 3.11. The average molecular weight is 361 g/mol. The second-order valence-corrected chi connectivity index (χ2v) is 9.13. The molecule has 0 spiro atoms. The van der Waals surface area contributed by atoms with E-state index in [2.05, 4.69) is 5.10 Å². The molecule has 1 aliphatic heterocycles. The van der Waals surface area contributed by atoms with Gasteiger partial charge in [0.2, 0.25) is 0 Å². The van der Waals surface area contributed by atoms with Crippen LogP contribution in [0.3, 0.4) is 0 Å². The molecule has 134 valence electrons. The van der Waals surface area contributed by atoms with E-state index in [1.807, 2.05) is 34.6 Å². The molecule has 0 fully saturated rings. The van der Waals surface area contributed by atoms with Crippen LogP contribution in [-0.4, -0.2) is 35.4 Å². The predicted molar refractivity (Wildman–Crippen MR) is 96.5 cm³/mol. The minimum Gasteiger partial charge on any atom is -0.487 e. The number of sulfone groups is 1. The Hall–Kier alpha value is -2.15. The molecule has 1 aromatic carbocycles. The van der Waals surface area contributed by atoms with E-state index in [4.69, 9.17) is 10.1 Å². The number of nitrogens with one attached hydrogen (secondary N) is 1. The van der Waals surface area contributed by atoms with Gasteiger partial charge in [-0.05, 0) is 57.4 Å². The number of ether oxygens (including phenoxy) is 1. The van der Waals surface area contributed by atoms with Gasteiger partial charge < -0.3 is 4.74 Å². The minimum absolute atomic E-state index is 0.0708. The van der Waals surface area contributed by atoms with Crippen molar-refractivity contribution in [2.75, 3.05) is 5.75 Å². The molecule has 0 amide bonds. The van der Waals surface area contributed by atoms with Crippen LogP contribution in [0.5, 0.6) is 5.75 Å². The van der Waals surface area contributed by atoms with Crippen LogP contribution in [0.2, 0.25) is 0 Å². The Morgan fingerprint density at radius 1 is 1.28 bits per heavy atom. The highest BCUT2D eigenvalue weighted by molar-refractivity contribution is 7.92. The Labute approximate surface area is 148 Å². The topological polar surface area (TPSA) is 85.0 Å². The quantitative estimate of drug-likeness (QED) is 0.673. The molecule has 1 N–H and O–H groups in total. The molecule has 7 heteroatoms. The van der Waals surface area contributed by atoms with Crippen molar-refractivity contribution in [3.8, 4) is 5.75 Å². The third-order valence-corrected chi connectivity index (χ3v) is 6.60. The van der Waals surface area contributed by atoms with Gasteiger partial charge >= 0.3 is 0 Å². The highest BCUT2D eigenvalue weighted by atomic mass is 32.2. The van der Waals surface area contributed by atoms with Crippen LogP contribution in [-0.2, 0) is 16.3 Å². The Balaban J connectivity index is 2.09. The predicted octanol–water partition coefficient (Wildman–Crippen LogP) is 2.82. The molecule has 0 radical (unpaired) electrons. The summed E-state index contributed by atoms with van der Waals surface area (Å²) in [5.41, 5.74) is 2.90. The first kappa shape index (κ1) is 17.7. The van der Waals surface area contributed by atoms with E-state index in [1.54, 1.807) is 12.3 Å². The number of hydrogen-bond acceptors (Lipinski definition) is 5. The SMILES string of the molecule is Cc1c(C)c(S(=O)(=O)CC(=N)n2cccn2)c(C)c2c1OC(C)(C)C2. The summed E-state index contributed by atoms with van der Waals surface area (Å²) >= 11 is 0. The lowest BCUT2D eigenvalue weighted by Gasteiger charge is -2.19. The van der Waals surface area contributed by atoms with Crippen molar-refractivity contribution < 1.29 is 13.2 Å². The second-order valence-electron chi connectivity index (χ2n) is 7.21. The molecule has 1 aliphatic rings. The lowest BCUT2D eigenvalue weighted by atomic mass is 9.94. The second kappa shape index (κ2) is 5.69. The molecule has 0 unspecified atom stereocenters. The Morgan fingerprint density at radius 2 is 1.96 bits per heavy atom. The molecule has 0 atom stereocenters. The number of nitrogens with zero attached hydrogens (tertiary/aromatic N) is 2. The van der Waals surface area contributed by atoms with Gasteiger partial charge in [-0.2, -0.15) is 5.10 Å². The lowest BCUT2D eigenvalue weighted by Crippen LogP contribution is -2.25. The Morgan fingerprint density at radius 3 is 2.56 bits per heavy atom. The number of rotatable bonds is 3. The fourth-order valence-electron chi connectivity index (χ4n) is 3.46. The smallest absolute Gasteiger partial charge is 0.186 e. The van der Waals surface area contributed by atoms with Crippen molar-refractivity contribution in [1.82, 2.24) is 9.78 Å². The van der Waals surface area contributed by atoms with Gasteiger partial charge in [0.1, 0.15) is 22.9 Å². The van der Waals surface area contributed by atoms with Crippen molar-refractivity contribution in [3.63, 3.8) is 0 Å². The molecule has 3 rings (SSSR count). The van der Waals surface area contributed by atoms with Crippen LogP contribution in [0.1, 0.15) is 36.1 Å². The summed E-state index contributed by atoms with van der Waals surface area (Å²) in [7, 11) is -3.67. The normalized spacial score (nSPS) is 15.7. The van der Waals surface area contributed by atoms with Crippen molar-refractivity contribution in [2.45, 2.75) is 51.5 Å².